The van der Waals surface area contributed by atoms with Crippen molar-refractivity contribution in [2.75, 3.05) is 0 Å². The Morgan fingerprint density at radius 2 is 2.31 bits per heavy atom. The van der Waals surface area contributed by atoms with Gasteiger partial charge in [-0.3, -0.25) is 0 Å². The molecule has 0 spiro atoms. The predicted octanol–water partition coefficient (Wildman–Crippen LogP) is 3.24. The number of rotatable bonds is 3. The molecule has 3 rings (SSSR count). The number of hydrogen-bond donors (Lipinski definition) is 0. The number of fused-ring (bicyclic) bond motifs is 1. The molecule has 3 nitrogen and oxygen atoms in total. The summed E-state index contributed by atoms with van der Waals surface area (Å²) in [5.74, 6) is 1.61. The molecule has 0 radical (unpaired) electrons. The molecular formula is C12H14BrN3. The monoisotopic (exact) mass is 279 g/mol. The standard InChI is InChI=1S/C12H14BrN3/c1-8(9-5-6-9)7-16-12-10(13)3-2-4-11(12)14-15-16/h2-4,8-9H,5-7H2,1H3. The van der Waals surface area contributed by atoms with Gasteiger partial charge in [0.1, 0.15) is 11.0 Å². The molecule has 0 N–H and O–H groups in total. The third kappa shape index (κ3) is 1.75. The molecule has 1 aliphatic rings. The third-order valence-electron chi connectivity index (χ3n) is 3.37. The van der Waals surface area contributed by atoms with E-state index in [1.165, 1.54) is 12.8 Å². The molecule has 1 aliphatic carbocycles. The minimum Gasteiger partial charge on any atom is -0.243 e. The molecule has 1 fully saturated rings. The van der Waals surface area contributed by atoms with Crippen LogP contribution < -0.4 is 0 Å². The minimum absolute atomic E-state index is 0.706. The minimum atomic E-state index is 0.706. The number of aromatic nitrogens is 3. The normalized spacial score (nSPS) is 17.9. The lowest BCUT2D eigenvalue weighted by Gasteiger charge is -2.10. The van der Waals surface area contributed by atoms with Gasteiger partial charge in [0.2, 0.25) is 0 Å². The second-order valence-electron chi connectivity index (χ2n) is 4.69. The van der Waals surface area contributed by atoms with E-state index < -0.39 is 0 Å². The van der Waals surface area contributed by atoms with E-state index in [9.17, 15) is 0 Å². The van der Waals surface area contributed by atoms with Crippen LogP contribution >= 0.6 is 15.9 Å². The molecule has 0 amide bonds. The predicted molar refractivity (Wildman–Crippen MR) is 67.1 cm³/mol. The first-order chi connectivity index (χ1) is 7.75. The van der Waals surface area contributed by atoms with Crippen LogP contribution in [0.4, 0.5) is 0 Å². The molecular weight excluding hydrogens is 266 g/mol. The lowest BCUT2D eigenvalue weighted by atomic mass is 10.1. The van der Waals surface area contributed by atoms with Crippen molar-refractivity contribution in [1.29, 1.82) is 0 Å². The molecule has 0 aliphatic heterocycles. The second-order valence-corrected chi connectivity index (χ2v) is 5.55. The van der Waals surface area contributed by atoms with Crippen LogP contribution in [0.3, 0.4) is 0 Å². The molecule has 1 aromatic heterocycles. The van der Waals surface area contributed by atoms with Crippen LogP contribution in [0.2, 0.25) is 0 Å². The van der Waals surface area contributed by atoms with E-state index >= 15 is 0 Å². The van der Waals surface area contributed by atoms with Gasteiger partial charge in [-0.2, -0.15) is 0 Å². The van der Waals surface area contributed by atoms with Crippen molar-refractivity contribution in [3.05, 3.63) is 22.7 Å². The summed E-state index contributed by atoms with van der Waals surface area (Å²) in [4.78, 5) is 0. The van der Waals surface area contributed by atoms with E-state index in [1.807, 2.05) is 22.9 Å². The Bertz CT molecular complexity index is 516. The quantitative estimate of drug-likeness (QED) is 0.864. The maximum atomic E-state index is 4.24. The number of para-hydroxylation sites is 1. The van der Waals surface area contributed by atoms with E-state index in [0.717, 1.165) is 28.0 Å². The van der Waals surface area contributed by atoms with Crippen LogP contribution in [0.25, 0.3) is 11.0 Å². The average Bonchev–Trinajstić information content (AvgIpc) is 3.03. The van der Waals surface area contributed by atoms with Crippen molar-refractivity contribution < 1.29 is 0 Å². The molecule has 1 atom stereocenters. The van der Waals surface area contributed by atoms with Crippen molar-refractivity contribution >= 4 is 27.0 Å². The van der Waals surface area contributed by atoms with Gasteiger partial charge in [-0.05, 0) is 52.7 Å². The summed E-state index contributed by atoms with van der Waals surface area (Å²) in [6.07, 6.45) is 2.77. The van der Waals surface area contributed by atoms with E-state index in [0.29, 0.717) is 5.92 Å². The van der Waals surface area contributed by atoms with Crippen LogP contribution in [0.5, 0.6) is 0 Å². The Morgan fingerprint density at radius 1 is 1.50 bits per heavy atom. The van der Waals surface area contributed by atoms with Gasteiger partial charge in [-0.1, -0.05) is 18.2 Å². The van der Waals surface area contributed by atoms with Gasteiger partial charge in [0.25, 0.3) is 0 Å². The zero-order valence-electron chi connectivity index (χ0n) is 9.23. The van der Waals surface area contributed by atoms with Crippen LogP contribution in [-0.4, -0.2) is 15.0 Å². The molecule has 2 aromatic rings. The second kappa shape index (κ2) is 3.84. The maximum absolute atomic E-state index is 4.24. The Hall–Kier alpha value is -0.900. The van der Waals surface area contributed by atoms with Crippen LogP contribution in [0, 0.1) is 11.8 Å². The Balaban J connectivity index is 1.96. The molecule has 4 heteroatoms. The van der Waals surface area contributed by atoms with Gasteiger partial charge >= 0.3 is 0 Å². The van der Waals surface area contributed by atoms with E-state index in [2.05, 4.69) is 33.2 Å². The summed E-state index contributed by atoms with van der Waals surface area (Å²) in [5, 5.41) is 8.44. The van der Waals surface area contributed by atoms with E-state index in [4.69, 9.17) is 0 Å². The topological polar surface area (TPSA) is 30.7 Å². The third-order valence-corrected chi connectivity index (χ3v) is 4.01. The highest BCUT2D eigenvalue weighted by molar-refractivity contribution is 9.10. The lowest BCUT2D eigenvalue weighted by molar-refractivity contribution is 0.407. The molecule has 1 aromatic carbocycles. The molecule has 84 valence electrons. The smallest absolute Gasteiger partial charge is 0.114 e. The number of nitrogens with zero attached hydrogens (tertiary/aromatic N) is 3. The fourth-order valence-electron chi connectivity index (χ4n) is 2.20. The van der Waals surface area contributed by atoms with Gasteiger partial charge in [-0.25, -0.2) is 4.68 Å². The summed E-state index contributed by atoms with van der Waals surface area (Å²) in [6, 6.07) is 6.05. The largest absolute Gasteiger partial charge is 0.243 e. The van der Waals surface area contributed by atoms with Gasteiger partial charge in [-0.15, -0.1) is 5.10 Å². The zero-order chi connectivity index (χ0) is 11.1. The first kappa shape index (κ1) is 10.3. The van der Waals surface area contributed by atoms with Crippen LogP contribution in [-0.2, 0) is 6.54 Å². The number of hydrogen-bond acceptors (Lipinski definition) is 2. The fraction of sp³-hybridized carbons (Fsp3) is 0.500. The van der Waals surface area contributed by atoms with Crippen molar-refractivity contribution in [3.63, 3.8) is 0 Å². The zero-order valence-corrected chi connectivity index (χ0v) is 10.8. The summed E-state index contributed by atoms with van der Waals surface area (Å²) in [5.41, 5.74) is 2.09. The van der Waals surface area contributed by atoms with Crippen molar-refractivity contribution in [2.45, 2.75) is 26.3 Å². The summed E-state index contributed by atoms with van der Waals surface area (Å²) >= 11 is 3.57. The van der Waals surface area contributed by atoms with Crippen LogP contribution in [0.1, 0.15) is 19.8 Å². The highest BCUT2D eigenvalue weighted by Gasteiger charge is 2.28. The summed E-state index contributed by atoms with van der Waals surface area (Å²) < 4.78 is 3.11. The molecule has 1 heterocycles. The average molecular weight is 280 g/mol. The molecule has 1 saturated carbocycles. The van der Waals surface area contributed by atoms with Crippen molar-refractivity contribution in [1.82, 2.24) is 15.0 Å². The fourth-order valence-corrected chi connectivity index (χ4v) is 2.76. The van der Waals surface area contributed by atoms with E-state index in [1.54, 1.807) is 0 Å². The first-order valence-corrected chi connectivity index (χ1v) is 6.52. The van der Waals surface area contributed by atoms with Gasteiger partial charge in [0, 0.05) is 11.0 Å². The molecule has 0 saturated heterocycles. The first-order valence-electron chi connectivity index (χ1n) is 5.73. The Labute approximate surface area is 103 Å². The maximum Gasteiger partial charge on any atom is 0.114 e. The van der Waals surface area contributed by atoms with Gasteiger partial charge < -0.3 is 0 Å². The SMILES string of the molecule is CC(Cn1nnc2cccc(Br)c21)C1CC1. The summed E-state index contributed by atoms with van der Waals surface area (Å²) in [6.45, 7) is 3.28. The molecule has 0 bridgehead atoms. The van der Waals surface area contributed by atoms with Crippen LogP contribution in [0.15, 0.2) is 22.7 Å². The Kier molecular flexibility index (Phi) is 2.46. The molecule has 16 heavy (non-hydrogen) atoms. The lowest BCUT2D eigenvalue weighted by Crippen LogP contribution is -2.10. The number of halogens is 1. The Morgan fingerprint density at radius 3 is 3.06 bits per heavy atom. The van der Waals surface area contributed by atoms with Gasteiger partial charge in [0.05, 0.1) is 0 Å². The highest BCUT2D eigenvalue weighted by Crippen LogP contribution is 2.37. The van der Waals surface area contributed by atoms with Gasteiger partial charge in [0.15, 0.2) is 0 Å². The van der Waals surface area contributed by atoms with E-state index in [-0.39, 0.29) is 0 Å². The molecule has 1 unspecified atom stereocenters. The highest BCUT2D eigenvalue weighted by atomic mass is 79.9. The van der Waals surface area contributed by atoms with Crippen molar-refractivity contribution in [3.8, 4) is 0 Å². The van der Waals surface area contributed by atoms with Crippen molar-refractivity contribution in [2.24, 2.45) is 11.8 Å². The summed E-state index contributed by atoms with van der Waals surface area (Å²) in [7, 11) is 0. The number of benzene rings is 1.